The van der Waals surface area contributed by atoms with Crippen LogP contribution < -0.4 is 4.84 Å². The smallest absolute Gasteiger partial charge is 0.321 e. The first-order chi connectivity index (χ1) is 4.34. The topological polar surface area (TPSA) is 31.2 Å². The molecule has 0 fully saturated rings. The Labute approximate surface area is 56.7 Å². The lowest BCUT2D eigenvalue weighted by Crippen LogP contribution is -2.06. The minimum atomic E-state index is 0.311. The number of aromatic nitrogens is 1. The van der Waals surface area contributed by atoms with Gasteiger partial charge in [-0.1, -0.05) is 11.6 Å². The first-order valence-electron chi connectivity index (χ1n) is 2.28. The van der Waals surface area contributed by atoms with E-state index in [1.807, 2.05) is 0 Å². The summed E-state index contributed by atoms with van der Waals surface area (Å²) < 4.78 is 1.16. The van der Waals surface area contributed by atoms with Crippen molar-refractivity contribution in [1.82, 2.24) is 4.73 Å². The Morgan fingerprint density at radius 1 is 1.78 bits per heavy atom. The molecule has 0 N–H and O–H groups in total. The van der Waals surface area contributed by atoms with Gasteiger partial charge in [-0.05, 0) is 12.1 Å². The highest BCUT2D eigenvalue weighted by molar-refractivity contribution is 6.29. The molecule has 0 atom stereocenters. The Kier molecular flexibility index (Phi) is 1.75. The summed E-state index contributed by atoms with van der Waals surface area (Å²) in [7, 11) is 0. The minimum Gasteiger partial charge on any atom is -0.339 e. The van der Waals surface area contributed by atoms with Crippen molar-refractivity contribution in [2.45, 2.75) is 0 Å². The van der Waals surface area contributed by atoms with Crippen LogP contribution in [-0.4, -0.2) is 11.2 Å². The van der Waals surface area contributed by atoms with Crippen molar-refractivity contribution in [2.24, 2.45) is 0 Å². The molecule has 9 heavy (non-hydrogen) atoms. The molecule has 1 aromatic rings. The van der Waals surface area contributed by atoms with E-state index in [0.29, 0.717) is 11.6 Å². The number of rotatable bonds is 2. The molecule has 0 spiro atoms. The monoisotopic (exact) mass is 145 g/mol. The van der Waals surface area contributed by atoms with E-state index < -0.39 is 0 Å². The molecule has 0 aliphatic heterocycles. The van der Waals surface area contributed by atoms with Crippen molar-refractivity contribution in [3.8, 4) is 0 Å². The summed E-state index contributed by atoms with van der Waals surface area (Å²) in [5.74, 6) is 0. The van der Waals surface area contributed by atoms with E-state index in [2.05, 4.69) is 4.84 Å². The molecule has 1 heterocycles. The zero-order chi connectivity index (χ0) is 6.69. The summed E-state index contributed by atoms with van der Waals surface area (Å²) in [6, 6.07) is 3.29. The molecule has 0 radical (unpaired) electrons. The fraction of sp³-hybridized carbons (Fsp3) is 0. The molecule has 0 saturated heterocycles. The van der Waals surface area contributed by atoms with E-state index in [-0.39, 0.29) is 0 Å². The summed E-state index contributed by atoms with van der Waals surface area (Å²) in [5.41, 5.74) is 0. The first-order valence-corrected chi connectivity index (χ1v) is 2.66. The number of carbonyl (C=O) groups excluding carboxylic acids is 1. The second-order valence-electron chi connectivity index (χ2n) is 1.36. The maximum atomic E-state index is 9.72. The molecule has 1 rings (SSSR count). The van der Waals surface area contributed by atoms with Crippen LogP contribution in [0.4, 0.5) is 0 Å². The van der Waals surface area contributed by atoms with Crippen LogP contribution in [-0.2, 0) is 4.79 Å². The highest BCUT2D eigenvalue weighted by Gasteiger charge is 1.93. The van der Waals surface area contributed by atoms with E-state index in [1.165, 1.54) is 6.20 Å². The maximum Gasteiger partial charge on any atom is 0.321 e. The van der Waals surface area contributed by atoms with Crippen molar-refractivity contribution in [2.75, 3.05) is 0 Å². The molecule has 4 heteroatoms. The molecule has 0 aliphatic carbocycles. The van der Waals surface area contributed by atoms with Gasteiger partial charge >= 0.3 is 6.47 Å². The summed E-state index contributed by atoms with van der Waals surface area (Å²) in [6.07, 6.45) is 1.54. The molecule has 1 aromatic heterocycles. The van der Waals surface area contributed by atoms with Gasteiger partial charge in [0, 0.05) is 6.20 Å². The number of hydrogen-bond donors (Lipinski definition) is 0. The highest BCUT2D eigenvalue weighted by Crippen LogP contribution is 2.05. The van der Waals surface area contributed by atoms with Gasteiger partial charge in [-0.2, -0.15) is 4.73 Å². The Hall–Kier alpha value is -0.960. The van der Waals surface area contributed by atoms with Crippen molar-refractivity contribution < 1.29 is 9.63 Å². The molecule has 0 aromatic carbocycles. The Bertz CT molecular complexity index is 208. The number of hydrogen-bond acceptors (Lipinski definition) is 2. The largest absolute Gasteiger partial charge is 0.339 e. The van der Waals surface area contributed by atoms with Crippen LogP contribution in [0.1, 0.15) is 0 Å². The lowest BCUT2D eigenvalue weighted by molar-refractivity contribution is -0.129. The van der Waals surface area contributed by atoms with Gasteiger partial charge in [-0.15, -0.1) is 0 Å². The fourth-order valence-electron chi connectivity index (χ4n) is 0.477. The molecule has 0 unspecified atom stereocenters. The molecular formula is C5H4ClNO2. The average molecular weight is 146 g/mol. The van der Waals surface area contributed by atoms with Gasteiger partial charge < -0.3 is 4.84 Å². The van der Waals surface area contributed by atoms with Gasteiger partial charge in [0.2, 0.25) is 0 Å². The zero-order valence-electron chi connectivity index (χ0n) is 4.45. The maximum absolute atomic E-state index is 9.72. The molecule has 0 amide bonds. The SMILES string of the molecule is O=COn1cccc1Cl. The van der Waals surface area contributed by atoms with Crippen LogP contribution in [0.25, 0.3) is 0 Å². The van der Waals surface area contributed by atoms with Gasteiger partial charge in [0.05, 0.1) is 0 Å². The van der Waals surface area contributed by atoms with Crippen LogP contribution in [0, 0.1) is 0 Å². The average Bonchev–Trinajstić information content (AvgIpc) is 2.18. The van der Waals surface area contributed by atoms with Crippen molar-refractivity contribution >= 4 is 18.1 Å². The third-order valence-corrected chi connectivity index (χ3v) is 1.11. The predicted molar refractivity (Wildman–Crippen MR) is 32.1 cm³/mol. The fourth-order valence-corrected chi connectivity index (χ4v) is 0.646. The second kappa shape index (κ2) is 2.55. The summed E-state index contributed by atoms with van der Waals surface area (Å²) in [6.45, 7) is 0.311. The Morgan fingerprint density at radius 3 is 3.00 bits per heavy atom. The van der Waals surface area contributed by atoms with E-state index in [9.17, 15) is 4.79 Å². The van der Waals surface area contributed by atoms with E-state index in [0.717, 1.165) is 4.73 Å². The Morgan fingerprint density at radius 2 is 2.56 bits per heavy atom. The first kappa shape index (κ1) is 6.16. The zero-order valence-corrected chi connectivity index (χ0v) is 5.21. The van der Waals surface area contributed by atoms with Gasteiger partial charge in [-0.3, -0.25) is 4.79 Å². The normalized spacial score (nSPS) is 9.00. The van der Waals surface area contributed by atoms with Gasteiger partial charge in [-0.25, -0.2) is 0 Å². The lowest BCUT2D eigenvalue weighted by atomic mass is 10.7. The van der Waals surface area contributed by atoms with Crippen molar-refractivity contribution in [3.63, 3.8) is 0 Å². The third-order valence-electron chi connectivity index (χ3n) is 0.822. The van der Waals surface area contributed by atoms with Crippen LogP contribution in [0.3, 0.4) is 0 Å². The predicted octanol–water partition coefficient (Wildman–Crippen LogP) is 0.726. The van der Waals surface area contributed by atoms with Crippen LogP contribution >= 0.6 is 11.6 Å². The quantitative estimate of drug-likeness (QED) is 0.575. The van der Waals surface area contributed by atoms with E-state index in [4.69, 9.17) is 11.6 Å². The third kappa shape index (κ3) is 1.23. The minimum absolute atomic E-state index is 0.311. The van der Waals surface area contributed by atoms with Crippen LogP contribution in [0.15, 0.2) is 18.3 Å². The van der Waals surface area contributed by atoms with Crippen LogP contribution in [0.2, 0.25) is 5.15 Å². The lowest BCUT2D eigenvalue weighted by Gasteiger charge is -1.95. The van der Waals surface area contributed by atoms with Gasteiger partial charge in [0.1, 0.15) is 5.15 Å². The number of nitrogens with zero attached hydrogens (tertiary/aromatic N) is 1. The standard InChI is InChI=1S/C5H4ClNO2/c6-5-2-1-3-7(5)9-4-8/h1-4H. The number of halogens is 1. The van der Waals surface area contributed by atoms with E-state index >= 15 is 0 Å². The van der Waals surface area contributed by atoms with Gasteiger partial charge in [0.25, 0.3) is 0 Å². The summed E-state index contributed by atoms with van der Waals surface area (Å²) in [5, 5.41) is 0.377. The number of carbonyl (C=O) groups is 1. The molecule has 0 bridgehead atoms. The van der Waals surface area contributed by atoms with Gasteiger partial charge in [0.15, 0.2) is 0 Å². The molecular weight excluding hydrogens is 142 g/mol. The molecule has 0 aliphatic rings. The molecule has 0 saturated carbocycles. The Balaban J connectivity index is 2.80. The van der Waals surface area contributed by atoms with Crippen molar-refractivity contribution in [3.05, 3.63) is 23.5 Å². The summed E-state index contributed by atoms with van der Waals surface area (Å²) >= 11 is 5.50. The van der Waals surface area contributed by atoms with Crippen molar-refractivity contribution in [1.29, 1.82) is 0 Å². The van der Waals surface area contributed by atoms with Crippen LogP contribution in [0.5, 0.6) is 0 Å². The molecule has 3 nitrogen and oxygen atoms in total. The summed E-state index contributed by atoms with van der Waals surface area (Å²) in [4.78, 5) is 14.1. The van der Waals surface area contributed by atoms with E-state index in [1.54, 1.807) is 12.1 Å². The molecule has 48 valence electrons. The highest BCUT2D eigenvalue weighted by atomic mass is 35.5. The second-order valence-corrected chi connectivity index (χ2v) is 1.75.